The van der Waals surface area contributed by atoms with Crippen molar-refractivity contribution in [2.75, 3.05) is 18.0 Å². The highest BCUT2D eigenvalue weighted by atomic mass is 32.1. The first-order chi connectivity index (χ1) is 10.1. The Bertz CT molecular complexity index is 480. The number of carbonyl (C=O) groups excluding carboxylic acids is 1. The van der Waals surface area contributed by atoms with Crippen LogP contribution >= 0.6 is 11.3 Å². The normalized spacial score (nSPS) is 24.7. The van der Waals surface area contributed by atoms with Gasteiger partial charge >= 0.3 is 0 Å². The molecule has 2 fully saturated rings. The monoisotopic (exact) mass is 308 g/mol. The van der Waals surface area contributed by atoms with Crippen molar-refractivity contribution in [1.29, 1.82) is 0 Å². The maximum atomic E-state index is 12.2. The smallest absolute Gasteiger partial charge is 0.223 e. The third-order valence-electron chi connectivity index (χ3n) is 4.95. The molecular weight excluding hydrogens is 284 g/mol. The van der Waals surface area contributed by atoms with Gasteiger partial charge in [-0.05, 0) is 51.4 Å². The maximum absolute atomic E-state index is 12.2. The van der Waals surface area contributed by atoms with Crippen LogP contribution in [0.1, 0.15) is 46.0 Å². The van der Waals surface area contributed by atoms with E-state index in [2.05, 4.69) is 20.4 Å². The fraction of sp³-hybridized carbons (Fsp3) is 0.800. The summed E-state index contributed by atoms with van der Waals surface area (Å²) in [5.74, 6) is 0.480. The quantitative estimate of drug-likeness (QED) is 0.932. The molecule has 21 heavy (non-hydrogen) atoms. The van der Waals surface area contributed by atoms with Gasteiger partial charge in [-0.2, -0.15) is 0 Å². The van der Waals surface area contributed by atoms with Crippen LogP contribution in [0.2, 0.25) is 0 Å². The van der Waals surface area contributed by atoms with Gasteiger partial charge in [-0.15, -0.1) is 10.2 Å². The van der Waals surface area contributed by atoms with Crippen LogP contribution in [0.3, 0.4) is 0 Å². The van der Waals surface area contributed by atoms with E-state index in [1.807, 2.05) is 13.8 Å². The third kappa shape index (κ3) is 3.20. The molecule has 1 aromatic heterocycles. The minimum Gasteiger partial charge on any atom is -0.354 e. The number of hydrogen-bond acceptors (Lipinski definition) is 5. The van der Waals surface area contributed by atoms with Crippen LogP contribution in [0, 0.1) is 11.3 Å². The molecule has 1 N–H and O–H groups in total. The first-order valence-electron chi connectivity index (χ1n) is 7.89. The van der Waals surface area contributed by atoms with Gasteiger partial charge < -0.3 is 10.2 Å². The summed E-state index contributed by atoms with van der Waals surface area (Å²) >= 11 is 1.61. The number of nitrogens with zero attached hydrogens (tertiary/aromatic N) is 3. The summed E-state index contributed by atoms with van der Waals surface area (Å²) in [4.78, 5) is 14.5. The van der Waals surface area contributed by atoms with E-state index < -0.39 is 0 Å². The fourth-order valence-electron chi connectivity index (χ4n) is 3.76. The number of anilines is 1. The zero-order chi connectivity index (χ0) is 14.9. The molecule has 1 aliphatic carbocycles. The van der Waals surface area contributed by atoms with Gasteiger partial charge in [-0.25, -0.2) is 0 Å². The standard InChI is InChI=1S/C15H24N4OS/c1-11(2)17-13(20)12-3-4-15(9-12)5-7-19(8-6-15)14-18-16-10-21-14/h10-12H,3-9H2,1-2H3,(H,17,20)/t12-/m0/s1. The Balaban J connectivity index is 1.55. The molecule has 1 aromatic rings. The maximum Gasteiger partial charge on any atom is 0.223 e. The second-order valence-electron chi connectivity index (χ2n) is 6.81. The first-order valence-corrected chi connectivity index (χ1v) is 8.77. The summed E-state index contributed by atoms with van der Waals surface area (Å²) in [6.45, 7) is 6.16. The van der Waals surface area contributed by atoms with Crippen LogP contribution in [0.5, 0.6) is 0 Å². The average Bonchev–Trinajstić information content (AvgIpc) is 3.09. The number of nitrogens with one attached hydrogen (secondary N) is 1. The second-order valence-corrected chi connectivity index (χ2v) is 7.62. The van der Waals surface area contributed by atoms with Crippen molar-refractivity contribution < 1.29 is 4.79 Å². The van der Waals surface area contributed by atoms with Gasteiger partial charge in [0.05, 0.1) is 0 Å². The van der Waals surface area contributed by atoms with E-state index in [4.69, 9.17) is 0 Å². The van der Waals surface area contributed by atoms with Gasteiger partial charge in [0, 0.05) is 25.0 Å². The van der Waals surface area contributed by atoms with E-state index in [-0.39, 0.29) is 17.9 Å². The average molecular weight is 308 g/mol. The van der Waals surface area contributed by atoms with Crippen LogP contribution in [0.25, 0.3) is 0 Å². The summed E-state index contributed by atoms with van der Waals surface area (Å²) in [6, 6.07) is 0.244. The van der Waals surface area contributed by atoms with E-state index in [0.717, 1.165) is 31.1 Å². The molecule has 0 unspecified atom stereocenters. The molecular formula is C15H24N4OS. The lowest BCUT2D eigenvalue weighted by Crippen LogP contribution is -2.40. The molecule has 3 rings (SSSR count). The molecule has 2 heterocycles. The van der Waals surface area contributed by atoms with E-state index >= 15 is 0 Å². The first kappa shape index (κ1) is 14.8. The molecule has 1 saturated carbocycles. The van der Waals surface area contributed by atoms with Gasteiger partial charge in [0.2, 0.25) is 11.0 Å². The van der Waals surface area contributed by atoms with Crippen molar-refractivity contribution in [3.05, 3.63) is 5.51 Å². The molecule has 1 aliphatic heterocycles. The lowest BCUT2D eigenvalue weighted by Gasteiger charge is -2.39. The zero-order valence-electron chi connectivity index (χ0n) is 12.8. The van der Waals surface area contributed by atoms with Crippen molar-refractivity contribution in [2.45, 2.75) is 52.0 Å². The van der Waals surface area contributed by atoms with Crippen LogP contribution < -0.4 is 10.2 Å². The van der Waals surface area contributed by atoms with Crippen LogP contribution in [0.4, 0.5) is 5.13 Å². The van der Waals surface area contributed by atoms with E-state index in [9.17, 15) is 4.79 Å². The van der Waals surface area contributed by atoms with E-state index in [1.54, 1.807) is 16.8 Å². The second kappa shape index (κ2) is 5.91. The Kier molecular flexibility index (Phi) is 4.15. The predicted molar refractivity (Wildman–Crippen MR) is 84.4 cm³/mol. The van der Waals surface area contributed by atoms with Gasteiger partial charge in [0.1, 0.15) is 5.51 Å². The number of carbonyl (C=O) groups is 1. The minimum absolute atomic E-state index is 0.223. The summed E-state index contributed by atoms with van der Waals surface area (Å²) in [5, 5.41) is 12.2. The summed E-state index contributed by atoms with van der Waals surface area (Å²) in [6.07, 6.45) is 5.68. The van der Waals surface area contributed by atoms with Gasteiger partial charge in [-0.3, -0.25) is 4.79 Å². The molecule has 0 radical (unpaired) electrons. The molecule has 1 saturated heterocycles. The number of aromatic nitrogens is 2. The topological polar surface area (TPSA) is 58.1 Å². The van der Waals surface area contributed by atoms with Crippen LogP contribution in [-0.4, -0.2) is 35.2 Å². The third-order valence-corrected chi connectivity index (χ3v) is 5.70. The van der Waals surface area contributed by atoms with Gasteiger partial charge in [-0.1, -0.05) is 11.3 Å². The lowest BCUT2D eigenvalue weighted by molar-refractivity contribution is -0.125. The molecule has 2 aliphatic rings. The lowest BCUT2D eigenvalue weighted by atomic mass is 9.76. The number of rotatable bonds is 3. The van der Waals surface area contributed by atoms with Gasteiger partial charge in [0.25, 0.3) is 0 Å². The molecule has 0 aromatic carbocycles. The highest BCUT2D eigenvalue weighted by Gasteiger charge is 2.43. The predicted octanol–water partition coefficient (Wildman–Crippen LogP) is 2.45. The number of amides is 1. The van der Waals surface area contributed by atoms with Crippen molar-refractivity contribution in [1.82, 2.24) is 15.5 Å². The summed E-state index contributed by atoms with van der Waals surface area (Å²) in [7, 11) is 0. The highest BCUT2D eigenvalue weighted by molar-refractivity contribution is 7.13. The Hall–Kier alpha value is -1.17. The van der Waals surface area contributed by atoms with Crippen molar-refractivity contribution in [3.8, 4) is 0 Å². The van der Waals surface area contributed by atoms with Crippen molar-refractivity contribution >= 4 is 22.4 Å². The van der Waals surface area contributed by atoms with Gasteiger partial charge in [0.15, 0.2) is 0 Å². The SMILES string of the molecule is CC(C)NC(=O)[C@H]1CCC2(CCN(c3nncs3)CC2)C1. The molecule has 6 heteroatoms. The molecule has 1 atom stereocenters. The number of piperidine rings is 1. The molecule has 5 nitrogen and oxygen atoms in total. The zero-order valence-corrected chi connectivity index (χ0v) is 13.7. The molecule has 0 bridgehead atoms. The van der Waals surface area contributed by atoms with E-state index in [0.29, 0.717) is 5.41 Å². The Morgan fingerprint density at radius 2 is 2.19 bits per heavy atom. The summed E-state index contributed by atoms with van der Waals surface area (Å²) in [5.41, 5.74) is 2.18. The summed E-state index contributed by atoms with van der Waals surface area (Å²) < 4.78 is 0. The van der Waals surface area contributed by atoms with Crippen LogP contribution in [0.15, 0.2) is 5.51 Å². The molecule has 116 valence electrons. The minimum atomic E-state index is 0.223. The molecule has 1 amide bonds. The van der Waals surface area contributed by atoms with Crippen LogP contribution in [-0.2, 0) is 4.79 Å². The van der Waals surface area contributed by atoms with E-state index in [1.165, 1.54) is 19.3 Å². The fourth-order valence-corrected chi connectivity index (χ4v) is 4.38. The molecule has 1 spiro atoms. The highest BCUT2D eigenvalue weighted by Crippen LogP contribution is 2.49. The number of hydrogen-bond donors (Lipinski definition) is 1. The Morgan fingerprint density at radius 3 is 2.81 bits per heavy atom. The van der Waals surface area contributed by atoms with Crippen molar-refractivity contribution in [2.24, 2.45) is 11.3 Å². The van der Waals surface area contributed by atoms with Crippen molar-refractivity contribution in [3.63, 3.8) is 0 Å². The largest absolute Gasteiger partial charge is 0.354 e. The Morgan fingerprint density at radius 1 is 1.43 bits per heavy atom. The Labute approximate surface area is 130 Å².